The van der Waals surface area contributed by atoms with E-state index in [0.29, 0.717) is 36.0 Å². The van der Waals surface area contributed by atoms with Crippen LogP contribution in [0.2, 0.25) is 0 Å². The molecule has 13 nitrogen and oxygen atoms in total. The number of rotatable bonds is 16. The fourth-order valence-electron chi connectivity index (χ4n) is 5.39. The van der Waals surface area contributed by atoms with Gasteiger partial charge < -0.3 is 47.5 Å². The number of amides is 3. The lowest BCUT2D eigenvalue weighted by Gasteiger charge is -2.23. The van der Waals surface area contributed by atoms with Crippen LogP contribution in [0.1, 0.15) is 30.4 Å². The van der Waals surface area contributed by atoms with Gasteiger partial charge in [0, 0.05) is 50.7 Å². The average Bonchev–Trinajstić information content (AvgIpc) is 3.09. The number of anilines is 1. The minimum atomic E-state index is -1.07. The number of hydrogen-bond acceptors (Lipinski definition) is 9. The molecule has 0 radical (unpaired) electrons. The van der Waals surface area contributed by atoms with Crippen LogP contribution in [0.5, 0.6) is 11.5 Å². The minimum Gasteiger partial charge on any atom is -0.504 e. The summed E-state index contributed by atoms with van der Waals surface area (Å²) in [6.07, 6.45) is 2.22. The van der Waals surface area contributed by atoms with E-state index in [1.807, 2.05) is 30.3 Å². The lowest BCUT2D eigenvalue weighted by Crippen LogP contribution is -2.50. The molecule has 2 atom stereocenters. The molecule has 1 heterocycles. The van der Waals surface area contributed by atoms with Crippen molar-refractivity contribution >= 4 is 34.3 Å². The van der Waals surface area contributed by atoms with Crippen LogP contribution in [-0.2, 0) is 27.3 Å². The van der Waals surface area contributed by atoms with Crippen LogP contribution in [0, 0.1) is 0 Å². The maximum absolute atomic E-state index is 13.8. The van der Waals surface area contributed by atoms with Crippen molar-refractivity contribution in [1.29, 1.82) is 0 Å². The van der Waals surface area contributed by atoms with Crippen molar-refractivity contribution in [3.05, 3.63) is 100 Å². The van der Waals surface area contributed by atoms with Crippen molar-refractivity contribution in [2.24, 2.45) is 17.2 Å². The molecule has 2 unspecified atom stereocenters. The highest BCUT2D eigenvalue weighted by atomic mass is 16.3. The van der Waals surface area contributed by atoms with E-state index in [2.05, 4.69) is 10.6 Å². The standard InChI is InChI=1S/C35H43N7O6/c36-16-18-41(19-17-37)32(45)15-12-26(38)34(47)39-27(13-10-23-6-2-1-3-7-23)35(48)40-28-22-42(21-24-11-14-30(43)31(44)20-24)29-9-5-4-8-25(29)33(28)46/h1-9,11,14,20,22,26-27,43-44H,10,12-13,15-19,21,36-38H2,(H,39,47)(H,40,48). The van der Waals surface area contributed by atoms with Gasteiger partial charge in [-0.2, -0.15) is 0 Å². The van der Waals surface area contributed by atoms with Crippen LogP contribution >= 0.6 is 0 Å². The minimum absolute atomic E-state index is 0.00421. The molecule has 3 amide bonds. The number of nitrogens with two attached hydrogens (primary N) is 3. The van der Waals surface area contributed by atoms with Gasteiger partial charge in [-0.15, -0.1) is 0 Å². The molecule has 13 heteroatoms. The number of carbonyl (C=O) groups is 3. The Hall–Kier alpha value is -5.24. The first-order valence-corrected chi connectivity index (χ1v) is 15.8. The van der Waals surface area contributed by atoms with Gasteiger partial charge in [0.1, 0.15) is 11.7 Å². The Balaban J connectivity index is 1.55. The Bertz CT molecular complexity index is 1770. The van der Waals surface area contributed by atoms with Crippen molar-refractivity contribution in [3.63, 3.8) is 0 Å². The van der Waals surface area contributed by atoms with E-state index in [0.717, 1.165) is 5.56 Å². The van der Waals surface area contributed by atoms with Gasteiger partial charge >= 0.3 is 0 Å². The van der Waals surface area contributed by atoms with Gasteiger partial charge in [-0.1, -0.05) is 48.5 Å². The molecule has 0 fully saturated rings. The van der Waals surface area contributed by atoms with Crippen LogP contribution in [0.15, 0.2) is 83.8 Å². The van der Waals surface area contributed by atoms with Crippen molar-refractivity contribution in [2.45, 2.75) is 44.3 Å². The Morgan fingerprint density at radius 1 is 0.833 bits per heavy atom. The SMILES string of the molecule is NCCN(CCN)C(=O)CCC(N)C(=O)NC(CCc1ccccc1)C(=O)Nc1cn(Cc2ccc(O)c(O)c2)c2ccccc2c1=O. The molecule has 1 aromatic heterocycles. The summed E-state index contributed by atoms with van der Waals surface area (Å²) in [4.78, 5) is 54.7. The Morgan fingerprint density at radius 3 is 2.21 bits per heavy atom. The summed E-state index contributed by atoms with van der Waals surface area (Å²) in [5.74, 6) is -1.98. The van der Waals surface area contributed by atoms with E-state index in [9.17, 15) is 29.4 Å². The number of phenols is 2. The first-order valence-electron chi connectivity index (χ1n) is 15.8. The molecular formula is C35H43N7O6. The molecule has 4 aromatic rings. The van der Waals surface area contributed by atoms with Gasteiger partial charge in [-0.05, 0) is 54.7 Å². The second kappa shape index (κ2) is 17.1. The predicted octanol–water partition coefficient (Wildman–Crippen LogP) is 1.37. The Morgan fingerprint density at radius 2 is 1.52 bits per heavy atom. The summed E-state index contributed by atoms with van der Waals surface area (Å²) < 4.78 is 1.75. The molecule has 48 heavy (non-hydrogen) atoms. The van der Waals surface area contributed by atoms with Crippen molar-refractivity contribution in [3.8, 4) is 11.5 Å². The number of nitrogens with zero attached hydrogens (tertiary/aromatic N) is 2. The van der Waals surface area contributed by atoms with E-state index < -0.39 is 29.3 Å². The number of aryl methyl sites for hydroxylation is 1. The number of aromatic hydroxyl groups is 2. The van der Waals surface area contributed by atoms with Gasteiger partial charge in [-0.25, -0.2) is 0 Å². The third-order valence-corrected chi connectivity index (χ3v) is 7.99. The number of phenolic OH excluding ortho intramolecular Hbond substituents is 2. The zero-order chi connectivity index (χ0) is 34.6. The molecule has 0 aliphatic carbocycles. The molecule has 0 bridgehead atoms. The average molecular weight is 658 g/mol. The largest absolute Gasteiger partial charge is 0.504 e. The van der Waals surface area contributed by atoms with Gasteiger partial charge in [0.2, 0.25) is 23.2 Å². The predicted molar refractivity (Wildman–Crippen MR) is 184 cm³/mol. The molecule has 4 rings (SSSR count). The van der Waals surface area contributed by atoms with E-state index >= 15 is 0 Å². The summed E-state index contributed by atoms with van der Waals surface area (Å²) in [7, 11) is 0. The van der Waals surface area contributed by atoms with Gasteiger partial charge in [0.05, 0.1) is 11.6 Å². The molecular weight excluding hydrogens is 614 g/mol. The number of aromatic nitrogens is 1. The smallest absolute Gasteiger partial charge is 0.247 e. The Kier molecular flexibility index (Phi) is 12.7. The molecule has 0 aliphatic heterocycles. The molecule has 0 aliphatic rings. The quantitative estimate of drug-likeness (QED) is 0.0864. The number of carbonyl (C=O) groups excluding carboxylic acids is 3. The summed E-state index contributed by atoms with van der Waals surface area (Å²) in [6.45, 7) is 1.45. The highest BCUT2D eigenvalue weighted by Crippen LogP contribution is 2.26. The molecule has 0 saturated carbocycles. The van der Waals surface area contributed by atoms with Crippen molar-refractivity contribution < 1.29 is 24.6 Å². The Labute approximate surface area is 278 Å². The molecule has 10 N–H and O–H groups in total. The summed E-state index contributed by atoms with van der Waals surface area (Å²) in [6, 6.07) is 18.7. The fourth-order valence-corrected chi connectivity index (χ4v) is 5.39. The first kappa shape index (κ1) is 35.6. The number of benzene rings is 3. The zero-order valence-corrected chi connectivity index (χ0v) is 26.7. The lowest BCUT2D eigenvalue weighted by atomic mass is 10.0. The van der Waals surface area contributed by atoms with Crippen molar-refractivity contribution in [1.82, 2.24) is 14.8 Å². The number of hydrogen-bond donors (Lipinski definition) is 7. The maximum Gasteiger partial charge on any atom is 0.247 e. The number of pyridine rings is 1. The number of nitrogens with one attached hydrogen (secondary N) is 2. The van der Waals surface area contributed by atoms with Gasteiger partial charge in [0.15, 0.2) is 11.5 Å². The van der Waals surface area contributed by atoms with Crippen LogP contribution in [0.4, 0.5) is 5.69 Å². The second-order valence-corrected chi connectivity index (χ2v) is 11.5. The van der Waals surface area contributed by atoms with Crippen LogP contribution in [0.3, 0.4) is 0 Å². The highest BCUT2D eigenvalue weighted by molar-refractivity contribution is 5.99. The molecule has 0 spiro atoms. The van der Waals surface area contributed by atoms with Crippen LogP contribution in [0.25, 0.3) is 10.9 Å². The van der Waals surface area contributed by atoms with Gasteiger partial charge in [0.25, 0.3) is 0 Å². The third-order valence-electron chi connectivity index (χ3n) is 7.99. The van der Waals surface area contributed by atoms with Crippen LogP contribution < -0.4 is 33.3 Å². The zero-order valence-electron chi connectivity index (χ0n) is 26.7. The maximum atomic E-state index is 13.8. The summed E-state index contributed by atoms with van der Waals surface area (Å²) in [5, 5.41) is 25.5. The van der Waals surface area contributed by atoms with Crippen molar-refractivity contribution in [2.75, 3.05) is 31.5 Å². The lowest BCUT2D eigenvalue weighted by molar-refractivity contribution is -0.132. The molecule has 3 aromatic carbocycles. The second-order valence-electron chi connectivity index (χ2n) is 11.5. The fraction of sp³-hybridized carbons (Fsp3) is 0.314. The van der Waals surface area contributed by atoms with E-state index in [-0.39, 0.29) is 62.0 Å². The first-order chi connectivity index (χ1) is 23.1. The summed E-state index contributed by atoms with van der Waals surface area (Å²) >= 11 is 0. The third kappa shape index (κ3) is 9.41. The van der Waals surface area contributed by atoms with E-state index in [4.69, 9.17) is 17.2 Å². The van der Waals surface area contributed by atoms with E-state index in [1.54, 1.807) is 34.9 Å². The summed E-state index contributed by atoms with van der Waals surface area (Å²) in [5.41, 5.74) is 19.1. The monoisotopic (exact) mass is 657 g/mol. The highest BCUT2D eigenvalue weighted by Gasteiger charge is 2.26. The van der Waals surface area contributed by atoms with Crippen LogP contribution in [-0.4, -0.2) is 75.7 Å². The molecule has 254 valence electrons. The van der Waals surface area contributed by atoms with Gasteiger partial charge in [-0.3, -0.25) is 19.2 Å². The topological polar surface area (TPSA) is 219 Å². The molecule has 0 saturated heterocycles. The van der Waals surface area contributed by atoms with E-state index in [1.165, 1.54) is 23.2 Å². The number of para-hydroxylation sites is 1. The normalized spacial score (nSPS) is 12.3. The number of fused-ring (bicyclic) bond motifs is 1.